The van der Waals surface area contributed by atoms with Crippen LogP contribution in [0.1, 0.15) is 45.4 Å². The maximum absolute atomic E-state index is 11.9. The van der Waals surface area contributed by atoms with Gasteiger partial charge in [0, 0.05) is 13.0 Å². The molecule has 0 aromatic heterocycles. The highest BCUT2D eigenvalue weighted by molar-refractivity contribution is 5.81. The van der Waals surface area contributed by atoms with E-state index in [0.29, 0.717) is 5.92 Å². The third-order valence-corrected chi connectivity index (χ3v) is 3.45. The molecule has 0 saturated carbocycles. The van der Waals surface area contributed by atoms with E-state index in [1.54, 1.807) is 0 Å². The molecule has 0 radical (unpaired) electrons. The lowest BCUT2D eigenvalue weighted by atomic mass is 9.90. The van der Waals surface area contributed by atoms with Gasteiger partial charge in [-0.3, -0.25) is 4.79 Å². The number of carbonyl (C=O) groups is 1. The molecule has 2 unspecified atom stereocenters. The zero-order chi connectivity index (χ0) is 12.5. The third-order valence-electron chi connectivity index (χ3n) is 3.45. The molecule has 1 fully saturated rings. The second-order valence-corrected chi connectivity index (χ2v) is 4.76. The molecule has 0 spiro atoms. The van der Waals surface area contributed by atoms with Crippen LogP contribution in [0.4, 0.5) is 0 Å². The van der Waals surface area contributed by atoms with Crippen LogP contribution in [-0.2, 0) is 4.79 Å². The van der Waals surface area contributed by atoms with Gasteiger partial charge < -0.3 is 10.6 Å². The van der Waals surface area contributed by atoms with E-state index in [1.165, 1.54) is 12.8 Å². The van der Waals surface area contributed by atoms with Crippen LogP contribution in [-0.4, -0.2) is 25.0 Å². The number of rotatable bonds is 6. The molecule has 2 N–H and O–H groups in total. The molecule has 1 saturated heterocycles. The quantitative estimate of drug-likeness (QED) is 0.544. The Bertz CT molecular complexity index is 270. The average Bonchev–Trinajstić information content (AvgIpc) is 2.38. The summed E-state index contributed by atoms with van der Waals surface area (Å²) in [4.78, 5) is 11.9. The van der Waals surface area contributed by atoms with Gasteiger partial charge in [-0.1, -0.05) is 13.3 Å². The van der Waals surface area contributed by atoms with Crippen LogP contribution in [0.3, 0.4) is 0 Å². The van der Waals surface area contributed by atoms with Crippen molar-refractivity contribution in [2.75, 3.05) is 13.1 Å². The highest BCUT2D eigenvalue weighted by Gasteiger charge is 2.25. The molecule has 2 atom stereocenters. The van der Waals surface area contributed by atoms with Crippen molar-refractivity contribution in [3.8, 4) is 12.3 Å². The summed E-state index contributed by atoms with van der Waals surface area (Å²) >= 11 is 0. The molecular weight excluding hydrogens is 212 g/mol. The molecule has 0 aromatic carbocycles. The van der Waals surface area contributed by atoms with Gasteiger partial charge in [0.25, 0.3) is 0 Å². The summed E-state index contributed by atoms with van der Waals surface area (Å²) in [6, 6.07) is 0.0151. The fraction of sp³-hybridized carbons (Fsp3) is 0.786. The van der Waals surface area contributed by atoms with E-state index in [4.69, 9.17) is 6.42 Å². The van der Waals surface area contributed by atoms with Crippen molar-refractivity contribution in [3.63, 3.8) is 0 Å². The number of amides is 1. The summed E-state index contributed by atoms with van der Waals surface area (Å²) in [5.41, 5.74) is 0. The van der Waals surface area contributed by atoms with Gasteiger partial charge in [0.15, 0.2) is 0 Å². The lowest BCUT2D eigenvalue weighted by Crippen LogP contribution is -2.48. The van der Waals surface area contributed by atoms with Crippen molar-refractivity contribution in [2.24, 2.45) is 5.92 Å². The normalized spacial score (nSPS) is 24.0. The van der Waals surface area contributed by atoms with E-state index in [-0.39, 0.29) is 11.9 Å². The molecule has 96 valence electrons. The first-order valence-corrected chi connectivity index (χ1v) is 6.72. The van der Waals surface area contributed by atoms with E-state index in [2.05, 4.69) is 23.5 Å². The smallest absolute Gasteiger partial charge is 0.237 e. The Morgan fingerprint density at radius 2 is 2.35 bits per heavy atom. The van der Waals surface area contributed by atoms with Gasteiger partial charge in [-0.05, 0) is 38.1 Å². The maximum Gasteiger partial charge on any atom is 0.237 e. The van der Waals surface area contributed by atoms with Gasteiger partial charge in [0.1, 0.15) is 0 Å². The second-order valence-electron chi connectivity index (χ2n) is 4.76. The minimum absolute atomic E-state index is 0.0151. The monoisotopic (exact) mass is 236 g/mol. The largest absolute Gasteiger partial charge is 0.355 e. The van der Waals surface area contributed by atoms with Gasteiger partial charge in [0.05, 0.1) is 6.04 Å². The minimum Gasteiger partial charge on any atom is -0.355 e. The topological polar surface area (TPSA) is 41.1 Å². The van der Waals surface area contributed by atoms with Crippen molar-refractivity contribution in [1.29, 1.82) is 0 Å². The molecule has 3 heteroatoms. The Morgan fingerprint density at radius 3 is 3.06 bits per heavy atom. The molecule has 0 aromatic rings. The summed E-state index contributed by atoms with van der Waals surface area (Å²) in [6.07, 6.45) is 11.3. The van der Waals surface area contributed by atoms with Crippen LogP contribution in [0.2, 0.25) is 0 Å². The number of nitrogens with one attached hydrogen (secondary N) is 2. The van der Waals surface area contributed by atoms with Crippen LogP contribution < -0.4 is 10.6 Å². The van der Waals surface area contributed by atoms with Crippen LogP contribution in [0.5, 0.6) is 0 Å². The molecule has 0 aliphatic carbocycles. The summed E-state index contributed by atoms with van der Waals surface area (Å²) < 4.78 is 0. The number of carbonyl (C=O) groups excluding carboxylic acids is 1. The number of unbranched alkanes of at least 4 members (excludes halogenated alkanes) is 2. The Morgan fingerprint density at radius 1 is 1.53 bits per heavy atom. The number of piperidine rings is 1. The molecule has 17 heavy (non-hydrogen) atoms. The van der Waals surface area contributed by atoms with E-state index in [9.17, 15) is 4.79 Å². The Kier molecular flexibility index (Phi) is 6.73. The van der Waals surface area contributed by atoms with Crippen LogP contribution in [0.25, 0.3) is 0 Å². The molecule has 1 heterocycles. The summed E-state index contributed by atoms with van der Waals surface area (Å²) in [6.45, 7) is 3.91. The van der Waals surface area contributed by atoms with Gasteiger partial charge in [-0.25, -0.2) is 0 Å². The van der Waals surface area contributed by atoms with Crippen molar-refractivity contribution >= 4 is 5.91 Å². The number of hydrogen-bond donors (Lipinski definition) is 2. The number of hydrogen-bond acceptors (Lipinski definition) is 2. The predicted octanol–water partition coefficient (Wildman–Crippen LogP) is 1.68. The zero-order valence-electron chi connectivity index (χ0n) is 10.8. The van der Waals surface area contributed by atoms with Crippen molar-refractivity contribution < 1.29 is 4.79 Å². The molecule has 1 amide bonds. The van der Waals surface area contributed by atoms with Gasteiger partial charge in [-0.2, -0.15) is 0 Å². The Hall–Kier alpha value is -1.01. The molecule has 0 bridgehead atoms. The van der Waals surface area contributed by atoms with E-state index < -0.39 is 0 Å². The average molecular weight is 236 g/mol. The van der Waals surface area contributed by atoms with Crippen LogP contribution in [0.15, 0.2) is 0 Å². The van der Waals surface area contributed by atoms with Crippen molar-refractivity contribution in [1.82, 2.24) is 10.6 Å². The standard InChI is InChI=1S/C14H24N2O/c1-3-5-6-7-9-16-14(17)13-11-12(4-2)8-10-15-13/h1,12-13,15H,4-11H2,2H3,(H,16,17). The Balaban J connectivity index is 2.16. The lowest BCUT2D eigenvalue weighted by Gasteiger charge is -2.28. The zero-order valence-corrected chi connectivity index (χ0v) is 10.8. The minimum atomic E-state index is 0.0151. The van der Waals surface area contributed by atoms with E-state index >= 15 is 0 Å². The molecular formula is C14H24N2O. The SMILES string of the molecule is C#CCCCCNC(=O)C1CC(CC)CCN1. The highest BCUT2D eigenvalue weighted by atomic mass is 16.2. The number of terminal acetylenes is 1. The Labute approximate surface area is 105 Å². The van der Waals surface area contributed by atoms with Crippen LogP contribution in [0, 0.1) is 18.3 Å². The molecule has 1 rings (SSSR count). The van der Waals surface area contributed by atoms with Crippen LogP contribution >= 0.6 is 0 Å². The maximum atomic E-state index is 11.9. The van der Waals surface area contributed by atoms with E-state index in [0.717, 1.165) is 38.8 Å². The molecule has 1 aliphatic rings. The third kappa shape index (κ3) is 5.23. The van der Waals surface area contributed by atoms with Gasteiger partial charge in [0.2, 0.25) is 5.91 Å². The second kappa shape index (κ2) is 8.14. The first kappa shape index (κ1) is 14.1. The first-order valence-electron chi connectivity index (χ1n) is 6.72. The fourth-order valence-corrected chi connectivity index (χ4v) is 2.25. The summed E-state index contributed by atoms with van der Waals surface area (Å²) in [5, 5.41) is 6.28. The van der Waals surface area contributed by atoms with E-state index in [1.807, 2.05) is 0 Å². The summed E-state index contributed by atoms with van der Waals surface area (Å²) in [5.74, 6) is 3.47. The molecule has 1 aliphatic heterocycles. The van der Waals surface area contributed by atoms with Crippen molar-refractivity contribution in [2.45, 2.75) is 51.5 Å². The van der Waals surface area contributed by atoms with Gasteiger partial charge >= 0.3 is 0 Å². The van der Waals surface area contributed by atoms with Gasteiger partial charge in [-0.15, -0.1) is 12.3 Å². The predicted molar refractivity (Wildman–Crippen MR) is 70.5 cm³/mol. The molecule has 3 nitrogen and oxygen atoms in total. The highest BCUT2D eigenvalue weighted by Crippen LogP contribution is 2.19. The summed E-state index contributed by atoms with van der Waals surface area (Å²) in [7, 11) is 0. The fourth-order valence-electron chi connectivity index (χ4n) is 2.25. The van der Waals surface area contributed by atoms with Crippen molar-refractivity contribution in [3.05, 3.63) is 0 Å². The first-order chi connectivity index (χ1) is 8.27. The lowest BCUT2D eigenvalue weighted by molar-refractivity contribution is -0.124.